The zero-order valence-electron chi connectivity index (χ0n) is 11.2. The largest absolute Gasteiger partial charge is 0.453 e. The predicted octanol–water partition coefficient (Wildman–Crippen LogP) is 5.40. The van der Waals surface area contributed by atoms with Gasteiger partial charge in [-0.3, -0.25) is 0 Å². The molecule has 0 saturated carbocycles. The molecule has 0 atom stereocenters. The minimum absolute atomic E-state index is 0.242. The normalized spacial score (nSPS) is 12.3. The lowest BCUT2D eigenvalue weighted by atomic mass is 10.1. The van der Waals surface area contributed by atoms with Crippen molar-refractivity contribution < 1.29 is 9.13 Å². The number of hydrogen-bond donors (Lipinski definition) is 0. The topological polar surface area (TPSA) is 12.5 Å². The highest BCUT2D eigenvalue weighted by atomic mass is 19.1. The number of para-hydroxylation sites is 4. The van der Waals surface area contributed by atoms with E-state index in [1.54, 1.807) is 12.1 Å². The highest BCUT2D eigenvalue weighted by molar-refractivity contribution is 5.85. The van der Waals surface area contributed by atoms with Gasteiger partial charge in [0.15, 0.2) is 11.5 Å². The second-order valence-corrected chi connectivity index (χ2v) is 4.85. The van der Waals surface area contributed by atoms with Crippen LogP contribution in [0.15, 0.2) is 72.8 Å². The van der Waals surface area contributed by atoms with Crippen LogP contribution in [-0.2, 0) is 0 Å². The second-order valence-electron chi connectivity index (χ2n) is 4.85. The summed E-state index contributed by atoms with van der Waals surface area (Å²) in [6, 6.07) is 22.1. The number of fused-ring (bicyclic) bond motifs is 2. The Kier molecular flexibility index (Phi) is 2.64. The zero-order valence-corrected chi connectivity index (χ0v) is 11.2. The van der Waals surface area contributed by atoms with Crippen LogP contribution in [0.3, 0.4) is 0 Å². The lowest BCUT2D eigenvalue weighted by Crippen LogP contribution is -2.15. The maximum absolute atomic E-state index is 13.2. The van der Waals surface area contributed by atoms with E-state index in [-0.39, 0.29) is 5.82 Å². The zero-order chi connectivity index (χ0) is 14.2. The fraction of sp³-hybridized carbons (Fsp3) is 0. The average Bonchev–Trinajstić information content (AvgIpc) is 2.53. The van der Waals surface area contributed by atoms with Crippen LogP contribution in [0.1, 0.15) is 0 Å². The van der Waals surface area contributed by atoms with Gasteiger partial charge in [0.05, 0.1) is 11.4 Å². The molecule has 0 amide bonds. The summed E-state index contributed by atoms with van der Waals surface area (Å²) < 4.78 is 19.1. The predicted molar refractivity (Wildman–Crippen MR) is 81.2 cm³/mol. The van der Waals surface area contributed by atoms with E-state index in [1.165, 1.54) is 12.1 Å². The van der Waals surface area contributed by atoms with Crippen LogP contribution >= 0.6 is 0 Å². The molecule has 0 aliphatic carbocycles. The molecule has 3 aromatic carbocycles. The van der Waals surface area contributed by atoms with Gasteiger partial charge in [0.1, 0.15) is 5.82 Å². The molecule has 1 aliphatic rings. The van der Waals surface area contributed by atoms with Crippen molar-refractivity contribution in [3.63, 3.8) is 0 Å². The summed E-state index contributed by atoms with van der Waals surface area (Å²) >= 11 is 0. The standard InChI is InChI=1S/C18H12FNO/c19-13-9-11-14(12-10-13)20-15-5-1-3-7-17(15)21-18-8-4-2-6-16(18)20/h1-12H. The van der Waals surface area contributed by atoms with E-state index in [0.29, 0.717) is 0 Å². The van der Waals surface area contributed by atoms with Gasteiger partial charge >= 0.3 is 0 Å². The Labute approximate surface area is 122 Å². The first-order valence-electron chi connectivity index (χ1n) is 6.74. The van der Waals surface area contributed by atoms with Crippen LogP contribution < -0.4 is 9.64 Å². The van der Waals surface area contributed by atoms with E-state index in [9.17, 15) is 4.39 Å². The van der Waals surface area contributed by atoms with Gasteiger partial charge < -0.3 is 9.64 Å². The molecule has 0 unspecified atom stereocenters. The van der Waals surface area contributed by atoms with E-state index in [4.69, 9.17) is 4.74 Å². The molecule has 4 rings (SSSR count). The van der Waals surface area contributed by atoms with Gasteiger partial charge in [-0.25, -0.2) is 4.39 Å². The van der Waals surface area contributed by atoms with E-state index in [1.807, 2.05) is 48.5 Å². The van der Waals surface area contributed by atoms with Gasteiger partial charge in [0, 0.05) is 5.69 Å². The van der Waals surface area contributed by atoms with E-state index < -0.39 is 0 Å². The molecule has 0 N–H and O–H groups in total. The molecule has 2 nitrogen and oxygen atoms in total. The van der Waals surface area contributed by atoms with Crippen molar-refractivity contribution in [2.75, 3.05) is 4.90 Å². The fourth-order valence-electron chi connectivity index (χ4n) is 2.57. The van der Waals surface area contributed by atoms with Crippen LogP contribution in [-0.4, -0.2) is 0 Å². The Morgan fingerprint density at radius 1 is 0.667 bits per heavy atom. The smallest absolute Gasteiger partial charge is 0.151 e. The quantitative estimate of drug-likeness (QED) is 0.462. The van der Waals surface area contributed by atoms with Crippen LogP contribution in [0, 0.1) is 5.82 Å². The van der Waals surface area contributed by atoms with E-state index >= 15 is 0 Å². The Morgan fingerprint density at radius 3 is 1.76 bits per heavy atom. The lowest BCUT2D eigenvalue weighted by Gasteiger charge is -2.32. The monoisotopic (exact) mass is 277 g/mol. The van der Waals surface area contributed by atoms with Crippen LogP contribution in [0.25, 0.3) is 0 Å². The van der Waals surface area contributed by atoms with Crippen molar-refractivity contribution in [3.05, 3.63) is 78.6 Å². The minimum Gasteiger partial charge on any atom is -0.453 e. The van der Waals surface area contributed by atoms with Crippen molar-refractivity contribution in [2.45, 2.75) is 0 Å². The number of benzene rings is 3. The van der Waals surface area contributed by atoms with E-state index in [0.717, 1.165) is 28.6 Å². The van der Waals surface area contributed by atoms with Gasteiger partial charge in [-0.05, 0) is 48.5 Å². The molecule has 3 heteroatoms. The first-order valence-corrected chi connectivity index (χ1v) is 6.74. The maximum atomic E-state index is 13.2. The number of hydrogen-bond acceptors (Lipinski definition) is 2. The highest BCUT2D eigenvalue weighted by Crippen LogP contribution is 2.49. The summed E-state index contributed by atoms with van der Waals surface area (Å²) in [7, 11) is 0. The van der Waals surface area contributed by atoms with Gasteiger partial charge in [-0.1, -0.05) is 24.3 Å². The fourth-order valence-corrected chi connectivity index (χ4v) is 2.57. The third-order valence-electron chi connectivity index (χ3n) is 3.52. The molecular weight excluding hydrogens is 265 g/mol. The second kappa shape index (κ2) is 4.63. The molecule has 0 saturated heterocycles. The Hall–Kier alpha value is -2.81. The Bertz CT molecular complexity index is 753. The summed E-state index contributed by atoms with van der Waals surface area (Å²) in [4.78, 5) is 2.08. The summed E-state index contributed by atoms with van der Waals surface area (Å²) in [6.07, 6.45) is 0. The van der Waals surface area contributed by atoms with Crippen molar-refractivity contribution in [1.29, 1.82) is 0 Å². The Balaban J connectivity index is 1.95. The average molecular weight is 277 g/mol. The first kappa shape index (κ1) is 12.0. The molecule has 0 aromatic heterocycles. The van der Waals surface area contributed by atoms with Crippen LogP contribution in [0.4, 0.5) is 21.5 Å². The number of rotatable bonds is 1. The number of ether oxygens (including phenoxy) is 1. The number of nitrogens with zero attached hydrogens (tertiary/aromatic N) is 1. The molecule has 1 heterocycles. The summed E-state index contributed by atoms with van der Waals surface area (Å²) in [5.41, 5.74) is 2.80. The molecule has 1 aliphatic heterocycles. The molecule has 21 heavy (non-hydrogen) atoms. The molecule has 0 spiro atoms. The molecular formula is C18H12FNO. The van der Waals surface area contributed by atoms with Crippen molar-refractivity contribution >= 4 is 17.1 Å². The molecule has 0 radical (unpaired) electrons. The van der Waals surface area contributed by atoms with Crippen molar-refractivity contribution in [3.8, 4) is 11.5 Å². The van der Waals surface area contributed by atoms with Gasteiger partial charge in [-0.15, -0.1) is 0 Å². The van der Waals surface area contributed by atoms with Crippen LogP contribution in [0.5, 0.6) is 11.5 Å². The number of halogens is 1. The third kappa shape index (κ3) is 1.94. The molecule has 0 fully saturated rings. The Morgan fingerprint density at radius 2 is 1.19 bits per heavy atom. The maximum Gasteiger partial charge on any atom is 0.151 e. The summed E-state index contributed by atoms with van der Waals surface area (Å²) in [6.45, 7) is 0. The molecule has 3 aromatic rings. The first-order chi connectivity index (χ1) is 10.3. The minimum atomic E-state index is -0.242. The summed E-state index contributed by atoms with van der Waals surface area (Å²) in [5, 5.41) is 0. The van der Waals surface area contributed by atoms with Gasteiger partial charge in [-0.2, -0.15) is 0 Å². The van der Waals surface area contributed by atoms with Crippen molar-refractivity contribution in [2.24, 2.45) is 0 Å². The molecule has 0 bridgehead atoms. The lowest BCUT2D eigenvalue weighted by molar-refractivity contribution is 0.477. The van der Waals surface area contributed by atoms with Gasteiger partial charge in [0.25, 0.3) is 0 Å². The number of anilines is 3. The van der Waals surface area contributed by atoms with E-state index in [2.05, 4.69) is 4.90 Å². The van der Waals surface area contributed by atoms with Crippen molar-refractivity contribution in [1.82, 2.24) is 0 Å². The SMILES string of the molecule is Fc1ccc(N2c3ccccc3Oc3ccccc32)cc1. The summed E-state index contributed by atoms with van der Waals surface area (Å²) in [5.74, 6) is 1.34. The molecule has 102 valence electrons. The van der Waals surface area contributed by atoms with Gasteiger partial charge in [0.2, 0.25) is 0 Å². The highest BCUT2D eigenvalue weighted by Gasteiger charge is 2.24. The third-order valence-corrected chi connectivity index (χ3v) is 3.52. The van der Waals surface area contributed by atoms with Crippen LogP contribution in [0.2, 0.25) is 0 Å².